The molecule has 84 valence electrons. The Morgan fingerprint density at radius 1 is 1.20 bits per heavy atom. The molecule has 3 nitrogen and oxygen atoms in total. The minimum Gasteiger partial charge on any atom is -0.302 e. The highest BCUT2D eigenvalue weighted by molar-refractivity contribution is 9.10. The van der Waals surface area contributed by atoms with Gasteiger partial charge in [-0.15, -0.1) is 0 Å². The molecule has 5 heteroatoms. The van der Waals surface area contributed by atoms with E-state index in [9.17, 15) is 8.42 Å². The molecule has 0 heterocycles. The summed E-state index contributed by atoms with van der Waals surface area (Å²) in [5.41, 5.74) is 0. The minimum absolute atomic E-state index is 0.324. The van der Waals surface area contributed by atoms with Crippen molar-refractivity contribution in [3.63, 3.8) is 0 Å². The molecular weight excluding hydrogens is 278 g/mol. The summed E-state index contributed by atoms with van der Waals surface area (Å²) in [7, 11) is -1.70. The normalized spacial score (nSPS) is 12.8. The SMILES string of the molecule is CNC(C)(C)S(=O)(=O)c1ccc(Br)cc1. The lowest BCUT2D eigenvalue weighted by atomic mass is 10.4. The molecule has 0 radical (unpaired) electrons. The van der Waals surface area contributed by atoms with Gasteiger partial charge in [0.1, 0.15) is 4.87 Å². The summed E-state index contributed by atoms with van der Waals surface area (Å²) in [6.45, 7) is 3.29. The summed E-state index contributed by atoms with van der Waals surface area (Å²) in [6.07, 6.45) is 0. The van der Waals surface area contributed by atoms with E-state index in [0.717, 1.165) is 4.47 Å². The maximum atomic E-state index is 12.1. The van der Waals surface area contributed by atoms with E-state index < -0.39 is 14.7 Å². The van der Waals surface area contributed by atoms with Crippen LogP contribution in [0.25, 0.3) is 0 Å². The number of rotatable bonds is 3. The topological polar surface area (TPSA) is 46.2 Å². The van der Waals surface area contributed by atoms with E-state index in [1.165, 1.54) is 0 Å². The fourth-order valence-corrected chi connectivity index (χ4v) is 2.66. The third-order valence-corrected chi connectivity index (χ3v) is 5.37. The molecule has 0 aliphatic carbocycles. The molecule has 0 saturated carbocycles. The van der Waals surface area contributed by atoms with Crippen LogP contribution in [0.2, 0.25) is 0 Å². The fraction of sp³-hybridized carbons (Fsp3) is 0.400. The predicted octanol–water partition coefficient (Wildman–Crippen LogP) is 2.18. The van der Waals surface area contributed by atoms with Gasteiger partial charge >= 0.3 is 0 Å². The Bertz CT molecular complexity index is 437. The van der Waals surface area contributed by atoms with Gasteiger partial charge in [0, 0.05) is 4.47 Å². The molecule has 0 amide bonds. The number of hydrogen-bond donors (Lipinski definition) is 1. The molecule has 0 atom stereocenters. The minimum atomic E-state index is -3.34. The van der Waals surface area contributed by atoms with Gasteiger partial charge in [-0.25, -0.2) is 8.42 Å². The lowest BCUT2D eigenvalue weighted by Gasteiger charge is -2.24. The van der Waals surface area contributed by atoms with E-state index in [-0.39, 0.29) is 0 Å². The largest absolute Gasteiger partial charge is 0.302 e. The van der Waals surface area contributed by atoms with Gasteiger partial charge in [0.15, 0.2) is 9.84 Å². The van der Waals surface area contributed by atoms with E-state index in [2.05, 4.69) is 21.2 Å². The van der Waals surface area contributed by atoms with Crippen LogP contribution >= 0.6 is 15.9 Å². The molecule has 1 rings (SSSR count). The van der Waals surface area contributed by atoms with Crippen LogP contribution in [0, 0.1) is 0 Å². The average molecular weight is 292 g/mol. The van der Waals surface area contributed by atoms with Crippen LogP contribution in [-0.2, 0) is 9.84 Å². The van der Waals surface area contributed by atoms with Gasteiger partial charge in [-0.3, -0.25) is 0 Å². The Kier molecular flexibility index (Phi) is 3.58. The van der Waals surface area contributed by atoms with E-state index in [0.29, 0.717) is 4.90 Å². The first kappa shape index (κ1) is 12.7. The second kappa shape index (κ2) is 4.23. The molecule has 1 N–H and O–H groups in total. The Balaban J connectivity index is 3.24. The standard InChI is InChI=1S/C10H14BrNO2S/c1-10(2,12-3)15(13,14)9-6-4-8(11)5-7-9/h4-7,12H,1-3H3. The van der Waals surface area contributed by atoms with Crippen LogP contribution in [0.3, 0.4) is 0 Å². The third-order valence-electron chi connectivity index (χ3n) is 2.40. The number of nitrogens with one attached hydrogen (secondary N) is 1. The summed E-state index contributed by atoms with van der Waals surface area (Å²) in [4.78, 5) is -0.633. The number of sulfone groups is 1. The second-order valence-electron chi connectivity index (χ2n) is 3.72. The van der Waals surface area contributed by atoms with Gasteiger partial charge < -0.3 is 5.32 Å². The van der Waals surface area contributed by atoms with E-state index >= 15 is 0 Å². The smallest absolute Gasteiger partial charge is 0.196 e. The molecule has 0 saturated heterocycles. The van der Waals surface area contributed by atoms with E-state index in [1.54, 1.807) is 45.2 Å². The van der Waals surface area contributed by atoms with Crippen molar-refractivity contribution in [2.75, 3.05) is 7.05 Å². The molecule has 0 spiro atoms. The van der Waals surface area contributed by atoms with Crippen LogP contribution in [0.1, 0.15) is 13.8 Å². The maximum Gasteiger partial charge on any atom is 0.196 e. The molecular formula is C10H14BrNO2S. The highest BCUT2D eigenvalue weighted by atomic mass is 79.9. The van der Waals surface area contributed by atoms with Crippen LogP contribution < -0.4 is 5.32 Å². The number of benzene rings is 1. The molecule has 0 bridgehead atoms. The number of hydrogen-bond acceptors (Lipinski definition) is 3. The molecule has 0 fully saturated rings. The van der Waals surface area contributed by atoms with Crippen LogP contribution in [0.15, 0.2) is 33.6 Å². The summed E-state index contributed by atoms with van der Waals surface area (Å²) >= 11 is 3.27. The van der Waals surface area contributed by atoms with Crippen LogP contribution in [0.5, 0.6) is 0 Å². The highest BCUT2D eigenvalue weighted by Crippen LogP contribution is 2.23. The molecule has 0 aliphatic rings. The van der Waals surface area contributed by atoms with E-state index in [1.807, 2.05) is 0 Å². The van der Waals surface area contributed by atoms with Gasteiger partial charge in [0.25, 0.3) is 0 Å². The zero-order valence-electron chi connectivity index (χ0n) is 8.91. The van der Waals surface area contributed by atoms with Gasteiger partial charge in [0.2, 0.25) is 0 Å². The Morgan fingerprint density at radius 2 is 1.67 bits per heavy atom. The van der Waals surface area contributed by atoms with Gasteiger partial charge in [0.05, 0.1) is 4.90 Å². The van der Waals surface area contributed by atoms with Crippen molar-refractivity contribution in [3.05, 3.63) is 28.7 Å². The maximum absolute atomic E-state index is 12.1. The Labute approximate surface area is 98.9 Å². The monoisotopic (exact) mass is 291 g/mol. The Morgan fingerprint density at radius 3 is 2.07 bits per heavy atom. The molecule has 0 aliphatic heterocycles. The van der Waals surface area contributed by atoms with Crippen molar-refractivity contribution in [1.82, 2.24) is 5.32 Å². The second-order valence-corrected chi connectivity index (χ2v) is 7.13. The van der Waals surface area contributed by atoms with Crippen LogP contribution in [-0.4, -0.2) is 20.3 Å². The highest BCUT2D eigenvalue weighted by Gasteiger charge is 2.33. The lowest BCUT2D eigenvalue weighted by molar-refractivity contribution is 0.510. The fourth-order valence-electron chi connectivity index (χ4n) is 1.04. The quantitative estimate of drug-likeness (QED) is 0.929. The summed E-state index contributed by atoms with van der Waals surface area (Å²) in [5, 5.41) is 2.79. The predicted molar refractivity (Wildman–Crippen MR) is 64.5 cm³/mol. The van der Waals surface area contributed by atoms with Gasteiger partial charge in [-0.1, -0.05) is 15.9 Å². The molecule has 15 heavy (non-hydrogen) atoms. The molecule has 1 aromatic rings. The first-order valence-electron chi connectivity index (χ1n) is 4.50. The van der Waals surface area contributed by atoms with Crippen molar-refractivity contribution in [2.45, 2.75) is 23.6 Å². The van der Waals surface area contributed by atoms with Crippen molar-refractivity contribution in [3.8, 4) is 0 Å². The summed E-state index contributed by atoms with van der Waals surface area (Å²) in [5.74, 6) is 0. The molecule has 0 unspecified atom stereocenters. The average Bonchev–Trinajstić information content (AvgIpc) is 2.18. The van der Waals surface area contributed by atoms with Crippen molar-refractivity contribution >= 4 is 25.8 Å². The summed E-state index contributed by atoms with van der Waals surface area (Å²) < 4.78 is 25.1. The third kappa shape index (κ3) is 2.41. The zero-order valence-corrected chi connectivity index (χ0v) is 11.3. The first-order chi connectivity index (χ1) is 6.81. The van der Waals surface area contributed by atoms with E-state index in [4.69, 9.17) is 0 Å². The van der Waals surface area contributed by atoms with Crippen molar-refractivity contribution in [2.24, 2.45) is 0 Å². The number of halogens is 1. The first-order valence-corrected chi connectivity index (χ1v) is 6.78. The van der Waals surface area contributed by atoms with Crippen molar-refractivity contribution < 1.29 is 8.42 Å². The van der Waals surface area contributed by atoms with Gasteiger partial charge in [-0.2, -0.15) is 0 Å². The van der Waals surface area contributed by atoms with Crippen molar-refractivity contribution in [1.29, 1.82) is 0 Å². The van der Waals surface area contributed by atoms with Gasteiger partial charge in [-0.05, 0) is 45.2 Å². The lowest BCUT2D eigenvalue weighted by Crippen LogP contribution is -2.44. The zero-order chi connectivity index (χ0) is 11.7. The Hall–Kier alpha value is -0.390. The van der Waals surface area contributed by atoms with Crippen LogP contribution in [0.4, 0.5) is 0 Å². The molecule has 0 aromatic heterocycles. The summed E-state index contributed by atoms with van der Waals surface area (Å²) in [6, 6.07) is 6.63. The molecule has 1 aromatic carbocycles.